The first-order chi connectivity index (χ1) is 8.70. The van der Waals surface area contributed by atoms with Crippen LogP contribution in [-0.2, 0) is 4.74 Å². The third kappa shape index (κ3) is 1.64. The van der Waals surface area contributed by atoms with Gasteiger partial charge in [-0.3, -0.25) is 0 Å². The first-order valence-corrected chi connectivity index (χ1v) is 5.72. The quantitative estimate of drug-likeness (QED) is 0.673. The van der Waals surface area contributed by atoms with Gasteiger partial charge in [-0.15, -0.1) is 0 Å². The van der Waals surface area contributed by atoms with E-state index in [0.29, 0.717) is 17.9 Å². The number of nitrogen functional groups attached to an aromatic ring is 1. The molecule has 1 aliphatic rings. The van der Waals surface area contributed by atoms with Gasteiger partial charge in [0.25, 0.3) is 0 Å². The summed E-state index contributed by atoms with van der Waals surface area (Å²) in [6.07, 6.45) is 2.04. The van der Waals surface area contributed by atoms with E-state index in [1.165, 1.54) is 6.33 Å². The van der Waals surface area contributed by atoms with Crippen molar-refractivity contribution in [2.24, 2.45) is 0 Å². The molecule has 0 radical (unpaired) electrons. The van der Waals surface area contributed by atoms with Crippen molar-refractivity contribution in [1.29, 1.82) is 0 Å². The van der Waals surface area contributed by atoms with Gasteiger partial charge in [0.1, 0.15) is 30.1 Å². The third-order valence-corrected chi connectivity index (χ3v) is 3.23. The molecule has 7 nitrogen and oxygen atoms in total. The molecule has 0 aromatic carbocycles. The number of hydrogen-bond acceptors (Lipinski definition) is 6. The van der Waals surface area contributed by atoms with Crippen molar-refractivity contribution in [3.63, 3.8) is 0 Å². The number of hydrogen-bond donors (Lipinski definition) is 3. The molecular formula is C11H14N4O3. The Hall–Kier alpha value is -1.70. The Labute approximate surface area is 103 Å². The normalized spacial score (nSPS) is 28.0. The SMILES string of the molecule is Nc1ncnc2c1ccn2[C@@H]1C[C@H](O)[C@@H](CO)O1. The number of anilines is 1. The molecule has 4 N–H and O–H groups in total. The van der Waals surface area contributed by atoms with Crippen molar-refractivity contribution < 1.29 is 14.9 Å². The van der Waals surface area contributed by atoms with E-state index in [4.69, 9.17) is 15.6 Å². The second kappa shape index (κ2) is 4.20. The third-order valence-electron chi connectivity index (χ3n) is 3.23. The van der Waals surface area contributed by atoms with Gasteiger partial charge in [0.15, 0.2) is 0 Å². The van der Waals surface area contributed by atoms with E-state index in [0.717, 1.165) is 5.39 Å². The second-order valence-electron chi connectivity index (χ2n) is 4.33. The smallest absolute Gasteiger partial charge is 0.147 e. The molecule has 0 unspecified atom stereocenters. The van der Waals surface area contributed by atoms with E-state index in [1.54, 1.807) is 10.8 Å². The average molecular weight is 250 g/mol. The summed E-state index contributed by atoms with van der Waals surface area (Å²) >= 11 is 0. The molecule has 18 heavy (non-hydrogen) atoms. The van der Waals surface area contributed by atoms with E-state index in [-0.39, 0.29) is 12.8 Å². The number of nitrogens with zero attached hydrogens (tertiary/aromatic N) is 3. The summed E-state index contributed by atoms with van der Waals surface area (Å²) < 4.78 is 7.37. The molecule has 1 aliphatic heterocycles. The molecule has 0 saturated carbocycles. The van der Waals surface area contributed by atoms with Crippen LogP contribution in [0.25, 0.3) is 11.0 Å². The van der Waals surface area contributed by atoms with E-state index < -0.39 is 12.2 Å². The molecule has 1 saturated heterocycles. The van der Waals surface area contributed by atoms with Crippen LogP contribution in [0.5, 0.6) is 0 Å². The first kappa shape index (κ1) is 11.4. The van der Waals surface area contributed by atoms with Crippen LogP contribution in [0.1, 0.15) is 12.6 Å². The van der Waals surface area contributed by atoms with Crippen molar-refractivity contribution >= 4 is 16.9 Å². The largest absolute Gasteiger partial charge is 0.394 e. The highest BCUT2D eigenvalue weighted by atomic mass is 16.5. The molecule has 7 heteroatoms. The molecule has 0 aliphatic carbocycles. The fourth-order valence-electron chi connectivity index (χ4n) is 2.27. The van der Waals surface area contributed by atoms with Gasteiger partial charge >= 0.3 is 0 Å². The zero-order valence-electron chi connectivity index (χ0n) is 9.60. The lowest BCUT2D eigenvalue weighted by Crippen LogP contribution is -2.24. The highest BCUT2D eigenvalue weighted by Crippen LogP contribution is 2.31. The van der Waals surface area contributed by atoms with Crippen molar-refractivity contribution in [2.45, 2.75) is 24.9 Å². The molecule has 0 bridgehead atoms. The zero-order chi connectivity index (χ0) is 12.7. The Morgan fingerprint density at radius 1 is 1.50 bits per heavy atom. The van der Waals surface area contributed by atoms with Gasteiger partial charge in [-0.2, -0.15) is 0 Å². The number of fused-ring (bicyclic) bond motifs is 1. The van der Waals surface area contributed by atoms with Crippen LogP contribution in [0, 0.1) is 0 Å². The summed E-state index contributed by atoms with van der Waals surface area (Å²) in [7, 11) is 0. The molecule has 1 fully saturated rings. The number of aliphatic hydroxyl groups is 2. The monoisotopic (exact) mass is 250 g/mol. The summed E-state index contributed by atoms with van der Waals surface area (Å²) in [5.41, 5.74) is 6.42. The Morgan fingerprint density at radius 2 is 2.33 bits per heavy atom. The summed E-state index contributed by atoms with van der Waals surface area (Å²) in [6, 6.07) is 1.81. The lowest BCUT2D eigenvalue weighted by atomic mass is 10.2. The zero-order valence-corrected chi connectivity index (χ0v) is 9.60. The first-order valence-electron chi connectivity index (χ1n) is 5.72. The summed E-state index contributed by atoms with van der Waals surface area (Å²) in [6.45, 7) is -0.200. The highest BCUT2D eigenvalue weighted by Gasteiger charge is 2.34. The Balaban J connectivity index is 1.99. The number of aliphatic hydroxyl groups excluding tert-OH is 2. The standard InChI is InChI=1S/C11H14N4O3/c12-10-6-1-2-15(11(6)14-5-13-10)9-3-7(17)8(4-16)18-9/h1-2,5,7-9,16-17H,3-4H2,(H2,12,13,14)/t7-,8+,9-/m0/s1. The van der Waals surface area contributed by atoms with Crippen LogP contribution < -0.4 is 5.73 Å². The van der Waals surface area contributed by atoms with E-state index in [9.17, 15) is 5.11 Å². The molecule has 0 amide bonds. The average Bonchev–Trinajstić information content (AvgIpc) is 2.93. The van der Waals surface area contributed by atoms with Crippen LogP contribution in [0.3, 0.4) is 0 Å². The van der Waals surface area contributed by atoms with Gasteiger partial charge in [0.2, 0.25) is 0 Å². The van der Waals surface area contributed by atoms with Crippen molar-refractivity contribution in [1.82, 2.24) is 14.5 Å². The lowest BCUT2D eigenvalue weighted by Gasteiger charge is -2.14. The maximum Gasteiger partial charge on any atom is 0.147 e. The topological polar surface area (TPSA) is 106 Å². The van der Waals surface area contributed by atoms with Crippen LogP contribution in [0.4, 0.5) is 5.82 Å². The van der Waals surface area contributed by atoms with Crippen LogP contribution >= 0.6 is 0 Å². The van der Waals surface area contributed by atoms with Crippen molar-refractivity contribution in [2.75, 3.05) is 12.3 Å². The summed E-state index contributed by atoms with van der Waals surface area (Å²) in [5.74, 6) is 0.413. The predicted molar refractivity (Wildman–Crippen MR) is 63.6 cm³/mol. The number of rotatable bonds is 2. The molecule has 2 aromatic rings. The number of nitrogens with two attached hydrogens (primary N) is 1. The minimum absolute atomic E-state index is 0.200. The molecule has 96 valence electrons. The van der Waals surface area contributed by atoms with Crippen molar-refractivity contribution in [3.05, 3.63) is 18.6 Å². The molecule has 0 spiro atoms. The maximum atomic E-state index is 9.73. The van der Waals surface area contributed by atoms with Crippen molar-refractivity contribution in [3.8, 4) is 0 Å². The molecule has 2 aromatic heterocycles. The summed E-state index contributed by atoms with van der Waals surface area (Å²) in [4.78, 5) is 8.09. The highest BCUT2D eigenvalue weighted by molar-refractivity contribution is 5.86. The molecule has 3 rings (SSSR count). The maximum absolute atomic E-state index is 9.73. The minimum Gasteiger partial charge on any atom is -0.394 e. The molecule has 3 heterocycles. The Kier molecular flexibility index (Phi) is 2.66. The second-order valence-corrected chi connectivity index (χ2v) is 4.33. The minimum atomic E-state index is -0.670. The van der Waals surface area contributed by atoms with Crippen LogP contribution in [0.2, 0.25) is 0 Å². The van der Waals surface area contributed by atoms with Gasteiger partial charge in [0, 0.05) is 12.6 Å². The molecular weight excluding hydrogens is 236 g/mol. The summed E-state index contributed by atoms with van der Waals surface area (Å²) in [5, 5.41) is 19.6. The van der Waals surface area contributed by atoms with Gasteiger partial charge in [-0.05, 0) is 6.07 Å². The number of aromatic nitrogens is 3. The Morgan fingerprint density at radius 3 is 3.06 bits per heavy atom. The van der Waals surface area contributed by atoms with Gasteiger partial charge in [0.05, 0.1) is 18.1 Å². The van der Waals surface area contributed by atoms with Crippen LogP contribution in [-0.4, -0.2) is 43.6 Å². The fraction of sp³-hybridized carbons (Fsp3) is 0.455. The van der Waals surface area contributed by atoms with Gasteiger partial charge < -0.3 is 25.3 Å². The van der Waals surface area contributed by atoms with Crippen LogP contribution in [0.15, 0.2) is 18.6 Å². The lowest BCUT2D eigenvalue weighted by molar-refractivity contribution is -0.0430. The van der Waals surface area contributed by atoms with E-state index in [2.05, 4.69) is 9.97 Å². The number of ether oxygens (including phenoxy) is 1. The van der Waals surface area contributed by atoms with Gasteiger partial charge in [-0.25, -0.2) is 9.97 Å². The van der Waals surface area contributed by atoms with E-state index >= 15 is 0 Å². The Bertz CT molecular complexity index is 570. The van der Waals surface area contributed by atoms with Gasteiger partial charge in [-0.1, -0.05) is 0 Å². The molecule has 3 atom stereocenters. The fourth-order valence-corrected chi connectivity index (χ4v) is 2.27. The predicted octanol–water partition coefficient (Wildman–Crippen LogP) is -0.346. The van der Waals surface area contributed by atoms with E-state index in [1.807, 2.05) is 6.07 Å².